The number of amides is 1. The molecule has 88 heavy (non-hydrogen) atoms. The van der Waals surface area contributed by atoms with E-state index < -0.39 is 12.1 Å². The van der Waals surface area contributed by atoms with Crippen LogP contribution in [-0.2, 0) is 14.3 Å². The van der Waals surface area contributed by atoms with E-state index in [0.717, 1.165) is 44.9 Å². The first kappa shape index (κ1) is 86.3. The molecule has 522 valence electrons. The van der Waals surface area contributed by atoms with E-state index in [1.807, 2.05) is 0 Å². The van der Waals surface area contributed by atoms with Gasteiger partial charge in [-0.1, -0.05) is 398 Å². The Morgan fingerprint density at radius 2 is 0.534 bits per heavy atom. The molecular formula is C82H159NO5. The quantitative estimate of drug-likeness (QED) is 0.0320. The van der Waals surface area contributed by atoms with Crippen molar-refractivity contribution in [3.8, 4) is 0 Å². The number of aliphatic hydroxyl groups is 2. The number of carbonyl (C=O) groups excluding carboxylic acids is 2. The van der Waals surface area contributed by atoms with Crippen molar-refractivity contribution in [1.29, 1.82) is 0 Å². The summed E-state index contributed by atoms with van der Waals surface area (Å²) in [7, 11) is 0. The molecule has 0 aromatic rings. The first-order valence-corrected chi connectivity index (χ1v) is 40.6. The number of carbonyl (C=O) groups is 2. The number of hydrogen-bond acceptors (Lipinski definition) is 5. The van der Waals surface area contributed by atoms with Gasteiger partial charge in [-0.05, 0) is 77.0 Å². The van der Waals surface area contributed by atoms with Crippen LogP contribution in [0.15, 0.2) is 24.3 Å². The van der Waals surface area contributed by atoms with Crippen molar-refractivity contribution in [1.82, 2.24) is 5.32 Å². The molecule has 0 saturated heterocycles. The molecule has 6 nitrogen and oxygen atoms in total. The van der Waals surface area contributed by atoms with Gasteiger partial charge in [-0.15, -0.1) is 0 Å². The summed E-state index contributed by atoms with van der Waals surface area (Å²) in [6, 6.07) is -0.538. The largest absolute Gasteiger partial charge is 0.466 e. The molecule has 3 N–H and O–H groups in total. The molecule has 0 aromatic carbocycles. The van der Waals surface area contributed by atoms with E-state index in [4.69, 9.17) is 4.74 Å². The number of aliphatic hydroxyl groups excluding tert-OH is 2. The van der Waals surface area contributed by atoms with Crippen LogP contribution in [0.1, 0.15) is 463 Å². The van der Waals surface area contributed by atoms with Crippen molar-refractivity contribution in [2.45, 2.75) is 475 Å². The number of ether oxygens (including phenoxy) is 1. The van der Waals surface area contributed by atoms with Crippen LogP contribution in [0.5, 0.6) is 0 Å². The lowest BCUT2D eigenvalue weighted by Crippen LogP contribution is -2.45. The third-order valence-corrected chi connectivity index (χ3v) is 19.2. The van der Waals surface area contributed by atoms with Gasteiger partial charge < -0.3 is 20.3 Å². The van der Waals surface area contributed by atoms with Gasteiger partial charge in [-0.25, -0.2) is 0 Å². The third kappa shape index (κ3) is 73.4. The number of esters is 1. The van der Waals surface area contributed by atoms with E-state index in [1.54, 1.807) is 0 Å². The Balaban J connectivity index is 3.32. The maximum atomic E-state index is 12.5. The number of unbranched alkanes of at least 4 members (excludes halogenated alkanes) is 62. The van der Waals surface area contributed by atoms with E-state index in [0.29, 0.717) is 25.9 Å². The SMILES string of the molecule is CCCCCCCC/C=C\CCCCCCCC(=O)OCCCCCCCCCCCCCCCCCCCC/C=C\CCCCCCCCCCCCCCCCCCCC(=O)NC(CO)C(O)CCCCCCCCCCCCCCCCCCC. The first-order chi connectivity index (χ1) is 43.5. The molecule has 0 bridgehead atoms. The number of hydrogen-bond donors (Lipinski definition) is 3. The third-order valence-electron chi connectivity index (χ3n) is 19.2. The van der Waals surface area contributed by atoms with Crippen LogP contribution >= 0.6 is 0 Å². The summed E-state index contributed by atoms with van der Waals surface area (Å²) >= 11 is 0. The second kappa shape index (κ2) is 77.8. The van der Waals surface area contributed by atoms with Crippen LogP contribution in [0.25, 0.3) is 0 Å². The minimum Gasteiger partial charge on any atom is -0.466 e. The van der Waals surface area contributed by atoms with Crippen molar-refractivity contribution in [2.24, 2.45) is 0 Å². The maximum absolute atomic E-state index is 12.5. The van der Waals surface area contributed by atoms with E-state index >= 15 is 0 Å². The Kier molecular flexibility index (Phi) is 76.3. The molecule has 0 rings (SSSR count). The van der Waals surface area contributed by atoms with Crippen LogP contribution in [0.2, 0.25) is 0 Å². The van der Waals surface area contributed by atoms with Crippen molar-refractivity contribution < 1.29 is 24.5 Å². The Morgan fingerprint density at radius 3 is 0.807 bits per heavy atom. The average molecular weight is 1240 g/mol. The fourth-order valence-corrected chi connectivity index (χ4v) is 13.0. The highest BCUT2D eigenvalue weighted by atomic mass is 16.5. The van der Waals surface area contributed by atoms with Gasteiger partial charge in [0, 0.05) is 12.8 Å². The van der Waals surface area contributed by atoms with Crippen molar-refractivity contribution in [2.75, 3.05) is 13.2 Å². The monoisotopic (exact) mass is 1240 g/mol. The van der Waals surface area contributed by atoms with Crippen LogP contribution < -0.4 is 5.32 Å². The van der Waals surface area contributed by atoms with Gasteiger partial charge in [-0.2, -0.15) is 0 Å². The maximum Gasteiger partial charge on any atom is 0.305 e. The molecule has 0 spiro atoms. The summed E-state index contributed by atoms with van der Waals surface area (Å²) < 4.78 is 5.50. The fourth-order valence-electron chi connectivity index (χ4n) is 13.0. The van der Waals surface area contributed by atoms with E-state index in [9.17, 15) is 19.8 Å². The molecule has 0 fully saturated rings. The molecule has 0 saturated carbocycles. The Hall–Kier alpha value is -1.66. The smallest absolute Gasteiger partial charge is 0.305 e. The highest BCUT2D eigenvalue weighted by molar-refractivity contribution is 5.76. The summed E-state index contributed by atoms with van der Waals surface area (Å²) in [4.78, 5) is 24.6. The minimum absolute atomic E-state index is 0.0154. The van der Waals surface area contributed by atoms with E-state index in [1.165, 1.54) is 385 Å². The second-order valence-corrected chi connectivity index (χ2v) is 28.1. The minimum atomic E-state index is -0.661. The molecule has 2 unspecified atom stereocenters. The molecule has 6 heteroatoms. The highest BCUT2D eigenvalue weighted by Gasteiger charge is 2.20. The van der Waals surface area contributed by atoms with Gasteiger partial charge in [0.05, 0.1) is 25.4 Å². The molecule has 0 aliphatic carbocycles. The van der Waals surface area contributed by atoms with Gasteiger partial charge in [0.1, 0.15) is 0 Å². The number of nitrogens with one attached hydrogen (secondary N) is 1. The lowest BCUT2D eigenvalue weighted by Gasteiger charge is -2.22. The van der Waals surface area contributed by atoms with Gasteiger partial charge in [0.25, 0.3) is 0 Å². The van der Waals surface area contributed by atoms with Crippen LogP contribution in [0.3, 0.4) is 0 Å². The number of allylic oxidation sites excluding steroid dienone is 4. The van der Waals surface area contributed by atoms with Crippen LogP contribution in [0, 0.1) is 0 Å². The van der Waals surface area contributed by atoms with Crippen LogP contribution in [0.4, 0.5) is 0 Å². The standard InChI is InChI=1S/C82H159NO5/c1-3-5-7-9-11-13-15-17-19-43-47-50-54-58-62-66-70-74-80(85)79(78-84)83-81(86)75-71-67-63-59-55-51-48-44-41-39-37-35-33-31-29-27-25-23-21-20-22-24-26-28-30-32-34-36-38-40-42-45-49-53-57-61-65-69-73-77-88-82(87)76-72-68-64-60-56-52-46-18-16-14-12-10-8-6-4-2/h18,20-21,46,79-80,84-85H,3-17,19,22-45,47-78H2,1-2H3,(H,83,86)/b21-20-,46-18-. The summed E-state index contributed by atoms with van der Waals surface area (Å²) in [6.45, 7) is 4.99. The fraction of sp³-hybridized carbons (Fsp3) is 0.927. The lowest BCUT2D eigenvalue weighted by molar-refractivity contribution is -0.143. The molecule has 1 amide bonds. The van der Waals surface area contributed by atoms with Gasteiger partial charge in [0.15, 0.2) is 0 Å². The molecule has 0 aliphatic heterocycles. The normalized spacial score (nSPS) is 12.5. The summed E-state index contributed by atoms with van der Waals surface area (Å²) in [6.07, 6.45) is 100. The Labute approximate surface area is 551 Å². The van der Waals surface area contributed by atoms with Gasteiger partial charge in [-0.3, -0.25) is 9.59 Å². The summed E-state index contributed by atoms with van der Waals surface area (Å²) in [5.74, 6) is -0.0108. The highest BCUT2D eigenvalue weighted by Crippen LogP contribution is 2.20. The van der Waals surface area contributed by atoms with Gasteiger partial charge >= 0.3 is 5.97 Å². The second-order valence-electron chi connectivity index (χ2n) is 28.1. The van der Waals surface area contributed by atoms with Crippen molar-refractivity contribution in [3.63, 3.8) is 0 Å². The van der Waals surface area contributed by atoms with Crippen molar-refractivity contribution >= 4 is 11.9 Å². The van der Waals surface area contributed by atoms with E-state index in [-0.39, 0.29) is 18.5 Å². The number of rotatable bonds is 77. The summed E-state index contributed by atoms with van der Waals surface area (Å²) in [5, 5.41) is 23.4. The molecule has 0 aromatic heterocycles. The summed E-state index contributed by atoms with van der Waals surface area (Å²) in [5.41, 5.74) is 0. The molecule has 2 atom stereocenters. The lowest BCUT2D eigenvalue weighted by atomic mass is 10.0. The molecule has 0 heterocycles. The van der Waals surface area contributed by atoms with E-state index in [2.05, 4.69) is 43.5 Å². The zero-order chi connectivity index (χ0) is 63.5. The zero-order valence-electron chi connectivity index (χ0n) is 60.0. The zero-order valence-corrected chi connectivity index (χ0v) is 60.0. The predicted octanol–water partition coefficient (Wildman–Crippen LogP) is 26.8. The molecular weight excluding hydrogens is 1080 g/mol. The van der Waals surface area contributed by atoms with Gasteiger partial charge in [0.2, 0.25) is 5.91 Å². The Morgan fingerprint density at radius 1 is 0.307 bits per heavy atom. The average Bonchev–Trinajstić information content (AvgIpc) is 3.58. The Bertz CT molecular complexity index is 1380. The van der Waals surface area contributed by atoms with Crippen molar-refractivity contribution in [3.05, 3.63) is 24.3 Å². The van der Waals surface area contributed by atoms with Crippen LogP contribution in [-0.4, -0.2) is 47.4 Å². The molecule has 0 aliphatic rings. The first-order valence-electron chi connectivity index (χ1n) is 40.6. The predicted molar refractivity (Wildman–Crippen MR) is 389 cm³/mol. The topological polar surface area (TPSA) is 95.9 Å². The molecule has 0 radical (unpaired) electrons.